The van der Waals surface area contributed by atoms with Gasteiger partial charge < -0.3 is 23.6 Å². The third-order valence-electron chi connectivity index (χ3n) is 9.28. The molecule has 318 valence electrons. The number of hydrogen-bond donors (Lipinski definition) is 1. The molecule has 11 heteroatoms. The number of allylic oxidation sites excluding steroid dienone is 6. The number of phosphoric acid groups is 1. The minimum absolute atomic E-state index is 0.0172. The molecule has 0 amide bonds. The number of rotatable bonds is 37. The summed E-state index contributed by atoms with van der Waals surface area (Å²) in [5, 5.41) is 0. The molecule has 0 aromatic carbocycles. The number of ether oxygens (including phenoxy) is 3. The van der Waals surface area contributed by atoms with Gasteiger partial charge in [-0.3, -0.25) is 18.6 Å². The van der Waals surface area contributed by atoms with E-state index in [1.807, 2.05) is 27.2 Å². The van der Waals surface area contributed by atoms with Crippen molar-refractivity contribution >= 4 is 19.8 Å². The van der Waals surface area contributed by atoms with Crippen LogP contribution in [0.1, 0.15) is 155 Å². The molecule has 10 nitrogen and oxygen atoms in total. The smallest absolute Gasteiger partial charge is 0.462 e. The van der Waals surface area contributed by atoms with Gasteiger partial charge in [0.2, 0.25) is 0 Å². The van der Waals surface area contributed by atoms with Crippen LogP contribution in [0.2, 0.25) is 0 Å². The van der Waals surface area contributed by atoms with E-state index in [0.29, 0.717) is 23.9 Å². The van der Waals surface area contributed by atoms with E-state index >= 15 is 0 Å². The second-order valence-corrected chi connectivity index (χ2v) is 17.2. The Morgan fingerprint density at radius 3 is 1.78 bits per heavy atom. The van der Waals surface area contributed by atoms with Crippen LogP contribution in [0.3, 0.4) is 0 Å². The van der Waals surface area contributed by atoms with Gasteiger partial charge in [0.25, 0.3) is 0 Å². The van der Waals surface area contributed by atoms with Crippen molar-refractivity contribution in [2.45, 2.75) is 173 Å². The SMILES string of the molecule is CC/C=C\C/C=C\C/C=C\CC1OC1C/C=C\CCCC(=O)OC(COC(=O)CCCCCCCCCCCCCCC)COP(=O)(O)OCC[N+](C)(C)C. The minimum atomic E-state index is -4.39. The summed E-state index contributed by atoms with van der Waals surface area (Å²) in [5.41, 5.74) is 0. The maximum Gasteiger partial charge on any atom is 0.472 e. The Morgan fingerprint density at radius 1 is 0.673 bits per heavy atom. The number of epoxide rings is 1. The average molecular weight is 797 g/mol. The van der Waals surface area contributed by atoms with Crippen molar-refractivity contribution in [3.8, 4) is 0 Å². The highest BCUT2D eigenvalue weighted by Crippen LogP contribution is 2.43. The average Bonchev–Trinajstić information content (AvgIpc) is 3.89. The molecule has 1 aliphatic rings. The molecule has 0 aromatic rings. The first-order valence-corrected chi connectivity index (χ1v) is 23.0. The lowest BCUT2D eigenvalue weighted by molar-refractivity contribution is -0.870. The van der Waals surface area contributed by atoms with Crippen LogP contribution in [0.5, 0.6) is 0 Å². The number of esters is 2. The number of nitrogens with zero attached hydrogens (tertiary/aromatic N) is 1. The van der Waals surface area contributed by atoms with Gasteiger partial charge >= 0.3 is 19.8 Å². The first kappa shape index (κ1) is 50.9. The molecule has 1 N–H and O–H groups in total. The van der Waals surface area contributed by atoms with Crippen molar-refractivity contribution in [3.05, 3.63) is 48.6 Å². The largest absolute Gasteiger partial charge is 0.472 e. The van der Waals surface area contributed by atoms with Crippen molar-refractivity contribution in [1.29, 1.82) is 0 Å². The van der Waals surface area contributed by atoms with Crippen molar-refractivity contribution in [2.24, 2.45) is 0 Å². The Morgan fingerprint density at radius 2 is 1.20 bits per heavy atom. The highest BCUT2D eigenvalue weighted by Gasteiger charge is 2.36. The number of likely N-dealkylation sites (N-methyl/N-ethyl adjacent to an activating group) is 1. The van der Waals surface area contributed by atoms with E-state index in [-0.39, 0.29) is 44.2 Å². The summed E-state index contributed by atoms with van der Waals surface area (Å²) in [4.78, 5) is 35.4. The van der Waals surface area contributed by atoms with Gasteiger partial charge in [0.15, 0.2) is 6.10 Å². The van der Waals surface area contributed by atoms with Crippen LogP contribution in [0.25, 0.3) is 0 Å². The van der Waals surface area contributed by atoms with Gasteiger partial charge in [0, 0.05) is 12.8 Å². The molecule has 0 saturated carbocycles. The van der Waals surface area contributed by atoms with Gasteiger partial charge in [-0.25, -0.2) is 4.57 Å². The monoisotopic (exact) mass is 797 g/mol. The predicted molar refractivity (Wildman–Crippen MR) is 224 cm³/mol. The standard InChI is InChI=1S/C44H78NO9P/c1-6-8-10-12-14-16-17-18-19-21-23-25-30-34-43(46)50-38-40(39-52-55(48,49)51-37-36-45(3,4)5)53-44(47)35-31-27-26-29-33-42-41(54-42)32-28-24-22-20-15-13-11-9-7-2/h9,11,15,20,24,26,28-29,40-42H,6-8,10,12-14,16-19,21-23,25,27,30-39H2,1-5H3/p+1/b11-9-,20-15-,28-24-,29-26-. The minimum Gasteiger partial charge on any atom is -0.462 e. The predicted octanol–water partition coefficient (Wildman–Crippen LogP) is 10.9. The first-order chi connectivity index (χ1) is 26.5. The molecule has 0 radical (unpaired) electrons. The highest BCUT2D eigenvalue weighted by molar-refractivity contribution is 7.47. The van der Waals surface area contributed by atoms with E-state index in [1.54, 1.807) is 0 Å². The van der Waals surface area contributed by atoms with E-state index in [2.05, 4.69) is 56.4 Å². The molecule has 4 unspecified atom stereocenters. The third kappa shape index (κ3) is 33.8. The second-order valence-electron chi connectivity index (χ2n) is 15.7. The maximum atomic E-state index is 12.7. The van der Waals surface area contributed by atoms with Crippen LogP contribution in [0, 0.1) is 0 Å². The van der Waals surface area contributed by atoms with Crippen molar-refractivity contribution in [1.82, 2.24) is 0 Å². The molecule has 0 aromatic heterocycles. The van der Waals surface area contributed by atoms with Crippen molar-refractivity contribution in [3.63, 3.8) is 0 Å². The molecule has 1 aliphatic heterocycles. The summed E-state index contributed by atoms with van der Waals surface area (Å²) in [6, 6.07) is 0. The Hall–Kier alpha value is -2.07. The molecule has 0 spiro atoms. The highest BCUT2D eigenvalue weighted by atomic mass is 31.2. The van der Waals surface area contributed by atoms with Gasteiger partial charge in [-0.1, -0.05) is 140 Å². The normalized spacial score (nSPS) is 17.8. The molecular formula is C44H79NO9P+. The van der Waals surface area contributed by atoms with E-state index < -0.39 is 26.5 Å². The second kappa shape index (κ2) is 33.0. The molecule has 0 aliphatic carbocycles. The molecular weight excluding hydrogens is 717 g/mol. The lowest BCUT2D eigenvalue weighted by atomic mass is 10.0. The maximum absolute atomic E-state index is 12.7. The third-order valence-corrected chi connectivity index (χ3v) is 10.3. The van der Waals surface area contributed by atoms with Crippen molar-refractivity contribution in [2.75, 3.05) is 47.5 Å². The molecule has 0 bridgehead atoms. The Balaban J connectivity index is 2.35. The lowest BCUT2D eigenvalue weighted by Crippen LogP contribution is -2.37. The van der Waals surface area contributed by atoms with Gasteiger partial charge in [-0.15, -0.1) is 0 Å². The summed E-state index contributed by atoms with van der Waals surface area (Å²) < 4.78 is 40.0. The molecule has 1 heterocycles. The van der Waals surface area contributed by atoms with E-state index in [4.69, 9.17) is 23.3 Å². The van der Waals surface area contributed by atoms with Crippen LogP contribution in [0.4, 0.5) is 0 Å². The molecule has 1 saturated heterocycles. The van der Waals surface area contributed by atoms with Gasteiger partial charge in [0.05, 0.1) is 40.0 Å². The van der Waals surface area contributed by atoms with E-state index in [9.17, 15) is 19.0 Å². The fourth-order valence-electron chi connectivity index (χ4n) is 5.80. The Labute approximate surface area is 335 Å². The number of carbonyl (C=O) groups excluding carboxylic acids is 2. The summed E-state index contributed by atoms with van der Waals surface area (Å²) in [5.74, 6) is -0.875. The summed E-state index contributed by atoms with van der Waals surface area (Å²) in [6.07, 6.45) is 39.0. The molecule has 55 heavy (non-hydrogen) atoms. The number of hydrogen-bond acceptors (Lipinski definition) is 8. The van der Waals surface area contributed by atoms with Gasteiger partial charge in [0.1, 0.15) is 19.8 Å². The molecule has 1 rings (SSSR count). The Bertz CT molecular complexity index is 1150. The Kier molecular flexibility index (Phi) is 30.5. The van der Waals surface area contributed by atoms with Gasteiger partial charge in [-0.2, -0.15) is 0 Å². The summed E-state index contributed by atoms with van der Waals surface area (Å²) >= 11 is 0. The summed E-state index contributed by atoms with van der Waals surface area (Å²) in [7, 11) is 1.43. The topological polar surface area (TPSA) is 121 Å². The molecule has 1 fully saturated rings. The van der Waals surface area contributed by atoms with Crippen LogP contribution < -0.4 is 0 Å². The number of quaternary nitrogens is 1. The molecule has 4 atom stereocenters. The fourth-order valence-corrected chi connectivity index (χ4v) is 6.54. The summed E-state index contributed by atoms with van der Waals surface area (Å²) in [6.45, 7) is 4.21. The zero-order valence-corrected chi connectivity index (χ0v) is 36.2. The fraction of sp³-hybridized carbons (Fsp3) is 0.773. The number of unbranched alkanes of at least 4 members (excludes halogenated alkanes) is 13. The number of carbonyl (C=O) groups is 2. The van der Waals surface area contributed by atoms with Crippen LogP contribution >= 0.6 is 7.82 Å². The zero-order chi connectivity index (χ0) is 40.5. The van der Waals surface area contributed by atoms with E-state index in [0.717, 1.165) is 51.4 Å². The van der Waals surface area contributed by atoms with Crippen LogP contribution in [-0.4, -0.2) is 87.1 Å². The van der Waals surface area contributed by atoms with Crippen LogP contribution in [0.15, 0.2) is 48.6 Å². The first-order valence-electron chi connectivity index (χ1n) is 21.5. The quantitative estimate of drug-likeness (QED) is 0.0163. The van der Waals surface area contributed by atoms with Crippen LogP contribution in [-0.2, 0) is 37.4 Å². The van der Waals surface area contributed by atoms with Crippen molar-refractivity contribution < 1.29 is 46.8 Å². The van der Waals surface area contributed by atoms with Gasteiger partial charge in [-0.05, 0) is 51.4 Å². The van der Waals surface area contributed by atoms with E-state index in [1.165, 1.54) is 64.2 Å². The number of phosphoric ester groups is 1. The zero-order valence-electron chi connectivity index (χ0n) is 35.3. The lowest BCUT2D eigenvalue weighted by Gasteiger charge is -2.24.